The van der Waals surface area contributed by atoms with Crippen LogP contribution in [0.25, 0.3) is 0 Å². The number of rotatable bonds is 18. The minimum absolute atomic E-state index is 0.00583. The smallest absolute Gasteiger partial charge is 0.220 e. The highest BCUT2D eigenvalue weighted by Crippen LogP contribution is 2.22. The molecular formula is C22H38N4O11. The van der Waals surface area contributed by atoms with Crippen molar-refractivity contribution in [3.05, 3.63) is 0 Å². The Morgan fingerprint density at radius 1 is 1.03 bits per heavy atom. The monoisotopic (exact) mass is 534 g/mol. The van der Waals surface area contributed by atoms with E-state index in [1.807, 2.05) is 0 Å². The third-order valence-electron chi connectivity index (χ3n) is 5.40. The van der Waals surface area contributed by atoms with E-state index in [4.69, 9.17) is 19.9 Å². The Morgan fingerprint density at radius 3 is 2.35 bits per heavy atom. The number of amides is 3. The predicted octanol–water partition coefficient (Wildman–Crippen LogP) is -4.15. The van der Waals surface area contributed by atoms with E-state index in [9.17, 15) is 39.3 Å². The van der Waals surface area contributed by atoms with E-state index in [0.717, 1.165) is 0 Å². The van der Waals surface area contributed by atoms with Crippen molar-refractivity contribution in [3.63, 3.8) is 0 Å². The molecule has 7 atom stereocenters. The minimum Gasteiger partial charge on any atom is -0.394 e. The lowest BCUT2D eigenvalue weighted by molar-refractivity contribution is -0.272. The SMILES string of the molecule is CC(=O)NC1C(OCCOCCNC(=O)CCC(C=O)NC(=O)CCC(N)C=O)OC(CO)C(O)C1O. The maximum atomic E-state index is 11.9. The van der Waals surface area contributed by atoms with Crippen LogP contribution in [0.2, 0.25) is 0 Å². The van der Waals surface area contributed by atoms with Crippen molar-refractivity contribution in [2.45, 2.75) is 75.3 Å². The Hall–Kier alpha value is -2.53. The van der Waals surface area contributed by atoms with Gasteiger partial charge in [-0.1, -0.05) is 0 Å². The predicted molar refractivity (Wildman–Crippen MR) is 126 cm³/mol. The first kappa shape index (κ1) is 32.5. The van der Waals surface area contributed by atoms with Crippen molar-refractivity contribution in [1.82, 2.24) is 16.0 Å². The Morgan fingerprint density at radius 2 is 1.73 bits per heavy atom. The highest BCUT2D eigenvalue weighted by Gasteiger charge is 2.45. The van der Waals surface area contributed by atoms with Crippen molar-refractivity contribution in [2.24, 2.45) is 5.73 Å². The molecule has 212 valence electrons. The summed E-state index contributed by atoms with van der Waals surface area (Å²) in [6, 6.07) is -2.64. The maximum Gasteiger partial charge on any atom is 0.220 e. The van der Waals surface area contributed by atoms with E-state index in [2.05, 4.69) is 16.0 Å². The van der Waals surface area contributed by atoms with Crippen LogP contribution in [0.3, 0.4) is 0 Å². The van der Waals surface area contributed by atoms with E-state index in [1.54, 1.807) is 0 Å². The van der Waals surface area contributed by atoms with E-state index < -0.39 is 61.1 Å². The highest BCUT2D eigenvalue weighted by atomic mass is 16.7. The number of hydrogen-bond acceptors (Lipinski definition) is 12. The fraction of sp³-hybridized carbons (Fsp3) is 0.773. The van der Waals surface area contributed by atoms with Gasteiger partial charge in [0, 0.05) is 26.3 Å². The average Bonchev–Trinajstić information content (AvgIpc) is 2.87. The number of nitrogens with two attached hydrogens (primary N) is 1. The lowest BCUT2D eigenvalue weighted by Gasteiger charge is -2.42. The molecule has 15 heteroatoms. The lowest BCUT2D eigenvalue weighted by atomic mass is 9.97. The topological polar surface area (TPSA) is 236 Å². The van der Waals surface area contributed by atoms with Crippen LogP contribution in [-0.4, -0.2) is 121 Å². The van der Waals surface area contributed by atoms with Gasteiger partial charge in [0.25, 0.3) is 0 Å². The summed E-state index contributed by atoms with van der Waals surface area (Å²) in [7, 11) is 0. The van der Waals surface area contributed by atoms with E-state index in [0.29, 0.717) is 12.6 Å². The summed E-state index contributed by atoms with van der Waals surface area (Å²) in [6.07, 6.45) is -3.74. The first-order valence-electron chi connectivity index (χ1n) is 11.9. The normalized spacial score (nSPS) is 24.9. The second-order valence-electron chi connectivity index (χ2n) is 8.45. The number of carbonyl (C=O) groups excluding carboxylic acids is 5. The molecule has 1 aliphatic heterocycles. The van der Waals surface area contributed by atoms with Gasteiger partial charge in [0.05, 0.1) is 38.5 Å². The molecular weight excluding hydrogens is 496 g/mol. The minimum atomic E-state index is -1.41. The van der Waals surface area contributed by atoms with Crippen LogP contribution in [-0.2, 0) is 38.2 Å². The number of nitrogens with one attached hydrogen (secondary N) is 3. The van der Waals surface area contributed by atoms with Gasteiger partial charge in [-0.25, -0.2) is 0 Å². The van der Waals surface area contributed by atoms with Crippen molar-refractivity contribution < 1.29 is 53.5 Å². The molecule has 0 spiro atoms. The number of hydrogen-bond donors (Lipinski definition) is 7. The summed E-state index contributed by atoms with van der Waals surface area (Å²) in [5.74, 6) is -1.26. The summed E-state index contributed by atoms with van der Waals surface area (Å²) in [6.45, 7) is 1.06. The van der Waals surface area contributed by atoms with Gasteiger partial charge >= 0.3 is 0 Å². The first-order chi connectivity index (χ1) is 17.6. The number of aliphatic hydroxyl groups is 3. The summed E-state index contributed by atoms with van der Waals surface area (Å²) in [4.78, 5) is 56.7. The van der Waals surface area contributed by atoms with Crippen LogP contribution in [0.15, 0.2) is 0 Å². The molecule has 1 fully saturated rings. The Balaban J connectivity index is 2.24. The van der Waals surface area contributed by atoms with Crippen molar-refractivity contribution in [2.75, 3.05) is 33.0 Å². The second-order valence-corrected chi connectivity index (χ2v) is 8.45. The molecule has 15 nitrogen and oxygen atoms in total. The molecule has 0 aromatic carbocycles. The summed E-state index contributed by atoms with van der Waals surface area (Å²) >= 11 is 0. The van der Waals surface area contributed by atoms with Gasteiger partial charge in [0.1, 0.15) is 36.9 Å². The standard InChI is InChI=1S/C22H38N4O11/c1-13(30)25-19-21(34)20(33)16(12-29)37-22(19)36-9-8-35-7-6-24-17(31)5-3-15(11-28)26-18(32)4-2-14(23)10-27/h10-11,14-16,19-22,29,33-34H,2-9,12,23H2,1H3,(H,24,31)(H,25,30)(H,26,32). The number of ether oxygens (including phenoxy) is 3. The van der Waals surface area contributed by atoms with Gasteiger partial charge in [0.15, 0.2) is 6.29 Å². The Kier molecular flexibility index (Phi) is 15.7. The van der Waals surface area contributed by atoms with Crippen molar-refractivity contribution >= 4 is 30.3 Å². The highest BCUT2D eigenvalue weighted by molar-refractivity contribution is 5.81. The molecule has 0 aromatic heterocycles. The maximum absolute atomic E-state index is 11.9. The average molecular weight is 535 g/mol. The Bertz CT molecular complexity index is 741. The molecule has 7 unspecified atom stereocenters. The van der Waals surface area contributed by atoms with Crippen LogP contribution in [0.5, 0.6) is 0 Å². The van der Waals surface area contributed by atoms with E-state index in [-0.39, 0.29) is 58.0 Å². The number of aliphatic hydroxyl groups excluding tert-OH is 3. The number of carbonyl (C=O) groups is 5. The zero-order valence-corrected chi connectivity index (χ0v) is 20.7. The Labute approximate surface area is 214 Å². The summed E-state index contributed by atoms with van der Waals surface area (Å²) < 4.78 is 16.3. The molecule has 1 rings (SSSR count). The van der Waals surface area contributed by atoms with Crippen LogP contribution < -0.4 is 21.7 Å². The lowest BCUT2D eigenvalue weighted by Crippen LogP contribution is -2.64. The van der Waals surface area contributed by atoms with Gasteiger partial charge in [0.2, 0.25) is 17.7 Å². The molecule has 0 saturated carbocycles. The van der Waals surface area contributed by atoms with Crippen molar-refractivity contribution in [3.8, 4) is 0 Å². The summed E-state index contributed by atoms with van der Waals surface area (Å²) in [5, 5.41) is 37.0. The molecule has 1 saturated heterocycles. The van der Waals surface area contributed by atoms with Crippen LogP contribution in [0.4, 0.5) is 0 Å². The van der Waals surface area contributed by atoms with Crippen molar-refractivity contribution in [1.29, 1.82) is 0 Å². The zero-order chi connectivity index (χ0) is 27.8. The third-order valence-corrected chi connectivity index (χ3v) is 5.40. The molecule has 8 N–H and O–H groups in total. The van der Waals surface area contributed by atoms with E-state index >= 15 is 0 Å². The zero-order valence-electron chi connectivity index (χ0n) is 20.7. The largest absolute Gasteiger partial charge is 0.394 e. The molecule has 0 radical (unpaired) electrons. The molecule has 0 aliphatic carbocycles. The summed E-state index contributed by atoms with van der Waals surface area (Å²) in [5.41, 5.74) is 5.41. The van der Waals surface area contributed by atoms with Crippen LogP contribution >= 0.6 is 0 Å². The molecule has 1 heterocycles. The molecule has 3 amide bonds. The van der Waals surface area contributed by atoms with Gasteiger partial charge in [-0.3, -0.25) is 14.4 Å². The molecule has 1 aliphatic rings. The van der Waals surface area contributed by atoms with Gasteiger partial charge < -0.3 is 60.8 Å². The van der Waals surface area contributed by atoms with Crippen LogP contribution in [0.1, 0.15) is 32.6 Å². The number of aldehydes is 2. The fourth-order valence-electron chi connectivity index (χ4n) is 3.39. The molecule has 37 heavy (non-hydrogen) atoms. The van der Waals surface area contributed by atoms with Gasteiger partial charge in [-0.15, -0.1) is 0 Å². The van der Waals surface area contributed by atoms with Crippen LogP contribution in [0, 0.1) is 0 Å². The van der Waals surface area contributed by atoms with Gasteiger partial charge in [-0.2, -0.15) is 0 Å². The molecule has 0 bridgehead atoms. The second kappa shape index (κ2) is 17.8. The fourth-order valence-corrected chi connectivity index (χ4v) is 3.39. The quantitative estimate of drug-likeness (QED) is 0.0655. The first-order valence-corrected chi connectivity index (χ1v) is 11.9. The molecule has 0 aromatic rings. The van der Waals surface area contributed by atoms with Gasteiger partial charge in [-0.05, 0) is 12.8 Å². The third kappa shape index (κ3) is 12.5. The van der Waals surface area contributed by atoms with E-state index in [1.165, 1.54) is 6.92 Å².